The largest absolute Gasteiger partial charge is 0.497 e. The van der Waals surface area contributed by atoms with Gasteiger partial charge in [-0.3, -0.25) is 5.10 Å². The van der Waals surface area contributed by atoms with Crippen molar-refractivity contribution in [2.75, 3.05) is 7.11 Å². The number of H-pyrrole nitrogens is 1. The molecule has 22 heavy (non-hydrogen) atoms. The topological polar surface area (TPSA) is 68.1 Å². The predicted molar refractivity (Wildman–Crippen MR) is 88.4 cm³/mol. The smallest absolute Gasteiger partial charge is 0.216 e. The van der Waals surface area contributed by atoms with Crippen LogP contribution >= 0.6 is 23.8 Å². The minimum atomic E-state index is 0.370. The maximum absolute atomic E-state index is 6.20. The maximum atomic E-state index is 6.20. The van der Waals surface area contributed by atoms with Crippen LogP contribution < -0.4 is 4.74 Å². The molecule has 0 radical (unpaired) electrons. The highest BCUT2D eigenvalue weighted by molar-refractivity contribution is 7.71. The number of benzene rings is 1. The third kappa shape index (κ3) is 2.72. The van der Waals surface area contributed by atoms with Gasteiger partial charge in [-0.2, -0.15) is 14.9 Å². The number of ether oxygens (including phenoxy) is 1. The highest BCUT2D eigenvalue weighted by Gasteiger charge is 2.05. The molecule has 0 atom stereocenters. The summed E-state index contributed by atoms with van der Waals surface area (Å²) in [5, 5.41) is 12.2. The zero-order valence-electron chi connectivity index (χ0n) is 11.9. The normalized spacial score (nSPS) is 11.4. The van der Waals surface area contributed by atoms with Crippen molar-refractivity contribution in [3.05, 3.63) is 45.6 Å². The summed E-state index contributed by atoms with van der Waals surface area (Å²) in [4.78, 5) is 4.36. The van der Waals surface area contributed by atoms with Gasteiger partial charge in [0.1, 0.15) is 16.7 Å². The fraction of sp³-hybridized carbons (Fsp3) is 0.143. The van der Waals surface area contributed by atoms with Gasteiger partial charge in [0.2, 0.25) is 4.77 Å². The minimum Gasteiger partial charge on any atom is -0.497 e. The third-order valence-corrected chi connectivity index (χ3v) is 3.69. The van der Waals surface area contributed by atoms with E-state index in [-0.39, 0.29) is 0 Å². The molecule has 3 rings (SSSR count). The lowest BCUT2D eigenvalue weighted by atomic mass is 10.1. The molecule has 0 spiro atoms. The van der Waals surface area contributed by atoms with Crippen LogP contribution in [-0.4, -0.2) is 33.2 Å². The summed E-state index contributed by atoms with van der Waals surface area (Å²) >= 11 is 11.3. The van der Waals surface area contributed by atoms with E-state index < -0.39 is 0 Å². The summed E-state index contributed by atoms with van der Waals surface area (Å²) in [6, 6.07) is 7.49. The molecule has 8 heteroatoms. The molecule has 1 aromatic carbocycles. The van der Waals surface area contributed by atoms with Crippen molar-refractivity contribution in [2.24, 2.45) is 5.10 Å². The van der Waals surface area contributed by atoms with Crippen LogP contribution in [0.5, 0.6) is 5.75 Å². The van der Waals surface area contributed by atoms with Crippen LogP contribution in [-0.2, 0) is 0 Å². The minimum absolute atomic E-state index is 0.370. The Hall–Kier alpha value is -2.25. The van der Waals surface area contributed by atoms with Crippen LogP contribution in [0, 0.1) is 11.7 Å². The Morgan fingerprint density at radius 2 is 2.23 bits per heavy atom. The molecule has 6 nitrogen and oxygen atoms in total. The molecular weight excluding hydrogens is 322 g/mol. The number of nitrogens with one attached hydrogen (secondary N) is 1. The lowest BCUT2D eigenvalue weighted by molar-refractivity contribution is 0.415. The summed E-state index contributed by atoms with van der Waals surface area (Å²) < 4.78 is 7.15. The Bertz CT molecular complexity index is 931. The number of halogens is 1. The van der Waals surface area contributed by atoms with Crippen molar-refractivity contribution in [1.29, 1.82) is 0 Å². The van der Waals surface area contributed by atoms with E-state index >= 15 is 0 Å². The first-order valence-corrected chi connectivity index (χ1v) is 7.20. The molecule has 2 heterocycles. The molecule has 0 aliphatic heterocycles. The molecule has 0 aliphatic carbocycles. The molecule has 1 N–H and O–H groups in total. The Balaban J connectivity index is 2.06. The second-order valence-electron chi connectivity index (χ2n) is 4.56. The maximum Gasteiger partial charge on any atom is 0.216 e. The number of aryl methyl sites for hydroxylation is 1. The van der Waals surface area contributed by atoms with Crippen molar-refractivity contribution in [3.8, 4) is 5.75 Å². The van der Waals surface area contributed by atoms with Gasteiger partial charge in [-0.15, -0.1) is 0 Å². The second-order valence-corrected chi connectivity index (χ2v) is 5.30. The number of hydrogen-bond donors (Lipinski definition) is 1. The van der Waals surface area contributed by atoms with Gasteiger partial charge in [0.15, 0.2) is 0 Å². The molecule has 0 saturated carbocycles. The van der Waals surface area contributed by atoms with E-state index in [0.29, 0.717) is 21.3 Å². The molecule has 3 aromatic rings. The second kappa shape index (κ2) is 5.86. The first-order chi connectivity index (χ1) is 10.6. The van der Waals surface area contributed by atoms with E-state index in [0.717, 1.165) is 16.7 Å². The molecule has 0 bridgehead atoms. The fourth-order valence-corrected chi connectivity index (χ4v) is 2.41. The Morgan fingerprint density at radius 3 is 2.91 bits per heavy atom. The quantitative estimate of drug-likeness (QED) is 0.453. The summed E-state index contributed by atoms with van der Waals surface area (Å²) in [5.74, 6) is 1.42. The average molecular weight is 334 g/mol. The first-order valence-electron chi connectivity index (χ1n) is 6.41. The van der Waals surface area contributed by atoms with Gasteiger partial charge in [-0.25, -0.2) is 4.98 Å². The van der Waals surface area contributed by atoms with Gasteiger partial charge >= 0.3 is 0 Å². The van der Waals surface area contributed by atoms with Crippen LogP contribution in [0.25, 0.3) is 10.9 Å². The number of fused-ring (bicyclic) bond motifs is 1. The Morgan fingerprint density at radius 1 is 1.41 bits per heavy atom. The summed E-state index contributed by atoms with van der Waals surface area (Å²) in [7, 11) is 1.62. The van der Waals surface area contributed by atoms with E-state index in [2.05, 4.69) is 20.3 Å². The Labute approximate surface area is 136 Å². The SMILES string of the molecule is COc1ccc2nc(Cl)c(/C=N\n3c(C)n[nH]c3=S)cc2c1. The van der Waals surface area contributed by atoms with Crippen molar-refractivity contribution < 1.29 is 4.74 Å². The zero-order chi connectivity index (χ0) is 15.7. The van der Waals surface area contributed by atoms with E-state index in [1.54, 1.807) is 20.2 Å². The number of pyridine rings is 1. The van der Waals surface area contributed by atoms with Crippen molar-refractivity contribution in [2.45, 2.75) is 6.92 Å². The molecule has 0 aliphatic rings. The number of aromatic amines is 1. The monoisotopic (exact) mass is 333 g/mol. The summed E-state index contributed by atoms with van der Waals surface area (Å²) in [5.41, 5.74) is 1.48. The van der Waals surface area contributed by atoms with E-state index in [1.165, 1.54) is 4.68 Å². The molecule has 0 unspecified atom stereocenters. The first kappa shape index (κ1) is 14.7. The number of hydrogen-bond acceptors (Lipinski definition) is 5. The van der Waals surface area contributed by atoms with E-state index in [9.17, 15) is 0 Å². The van der Waals surface area contributed by atoms with Crippen molar-refractivity contribution in [3.63, 3.8) is 0 Å². The van der Waals surface area contributed by atoms with Gasteiger partial charge in [-0.05, 0) is 43.4 Å². The van der Waals surface area contributed by atoms with Gasteiger partial charge in [0.25, 0.3) is 0 Å². The van der Waals surface area contributed by atoms with Crippen LogP contribution in [0.3, 0.4) is 0 Å². The highest BCUT2D eigenvalue weighted by Crippen LogP contribution is 2.23. The van der Waals surface area contributed by atoms with E-state index in [1.807, 2.05) is 24.3 Å². The molecule has 0 saturated heterocycles. The fourth-order valence-electron chi connectivity index (χ4n) is 1.99. The van der Waals surface area contributed by atoms with E-state index in [4.69, 9.17) is 28.6 Å². The molecule has 0 amide bonds. The van der Waals surface area contributed by atoms with Gasteiger partial charge in [0, 0.05) is 10.9 Å². The van der Waals surface area contributed by atoms with Crippen molar-refractivity contribution >= 4 is 40.9 Å². The molecule has 0 fully saturated rings. The van der Waals surface area contributed by atoms with Crippen LogP contribution in [0.15, 0.2) is 29.4 Å². The van der Waals surface area contributed by atoms with Crippen LogP contribution in [0.4, 0.5) is 0 Å². The van der Waals surface area contributed by atoms with Gasteiger partial charge in [-0.1, -0.05) is 11.6 Å². The third-order valence-electron chi connectivity index (χ3n) is 3.13. The average Bonchev–Trinajstić information content (AvgIpc) is 2.83. The van der Waals surface area contributed by atoms with Crippen LogP contribution in [0.1, 0.15) is 11.4 Å². The van der Waals surface area contributed by atoms with Gasteiger partial charge < -0.3 is 4.74 Å². The zero-order valence-corrected chi connectivity index (χ0v) is 13.4. The van der Waals surface area contributed by atoms with Crippen molar-refractivity contribution in [1.82, 2.24) is 19.9 Å². The highest BCUT2D eigenvalue weighted by atomic mass is 35.5. The lowest BCUT2D eigenvalue weighted by Gasteiger charge is -2.04. The predicted octanol–water partition coefficient (Wildman–Crippen LogP) is 3.34. The lowest BCUT2D eigenvalue weighted by Crippen LogP contribution is -1.95. The number of aromatic nitrogens is 4. The molecule has 2 aromatic heterocycles. The molecular formula is C14H12ClN5OS. The summed E-state index contributed by atoms with van der Waals surface area (Å²) in [6.45, 7) is 1.80. The molecule has 112 valence electrons. The number of rotatable bonds is 3. The van der Waals surface area contributed by atoms with Gasteiger partial charge in [0.05, 0.1) is 18.8 Å². The standard InChI is InChI=1S/C14H12ClN5OS/c1-8-18-19-14(22)20(8)16-7-10-5-9-6-11(21-2)3-4-12(9)17-13(10)15/h3-7H,1-2H3,(H,19,22)/b16-7-. The Kier molecular flexibility index (Phi) is 3.91. The van der Waals surface area contributed by atoms with Crippen LogP contribution in [0.2, 0.25) is 5.15 Å². The number of nitrogens with zero attached hydrogens (tertiary/aromatic N) is 4. The number of methoxy groups -OCH3 is 1. The summed E-state index contributed by atoms with van der Waals surface area (Å²) in [6.07, 6.45) is 1.60.